The molecule has 0 spiro atoms. The number of hydrogen-bond acceptors (Lipinski definition) is 4. The van der Waals surface area contributed by atoms with Crippen LogP contribution in [-0.2, 0) is 6.61 Å². The summed E-state index contributed by atoms with van der Waals surface area (Å²) in [5.74, 6) is 0.456. The fraction of sp³-hybridized carbons (Fsp3) is 0.0625. The van der Waals surface area contributed by atoms with Crippen LogP contribution in [-0.4, -0.2) is 15.7 Å². The van der Waals surface area contributed by atoms with Crippen molar-refractivity contribution in [2.24, 2.45) is 0 Å². The van der Waals surface area contributed by atoms with Crippen LogP contribution in [0.4, 0.5) is 0 Å². The Morgan fingerprint density at radius 3 is 3.05 bits per heavy atom. The Kier molecular flexibility index (Phi) is 3.36. The number of rotatable bonds is 4. The Bertz CT molecular complexity index is 846. The van der Waals surface area contributed by atoms with Crippen molar-refractivity contribution >= 4 is 11.9 Å². The van der Waals surface area contributed by atoms with E-state index in [9.17, 15) is 4.79 Å². The maximum atomic E-state index is 11.1. The van der Waals surface area contributed by atoms with Crippen molar-refractivity contribution in [2.75, 3.05) is 0 Å². The van der Waals surface area contributed by atoms with E-state index in [1.807, 2.05) is 35.0 Å². The summed E-state index contributed by atoms with van der Waals surface area (Å²) in [4.78, 5) is 15.3. The molecule has 2 aromatic heterocycles. The average molecular weight is 277 g/mol. The predicted octanol–water partition coefficient (Wildman–Crippen LogP) is 2.60. The standard InChI is InChI=1S/C16H11N3O2/c17-9-12-3-4-15(14(8-12)10-20)21-11-13-2-1-6-19-7-5-18-16(13)19/h1-8,10H,11H2. The summed E-state index contributed by atoms with van der Waals surface area (Å²) in [6.07, 6.45) is 6.17. The number of ether oxygens (including phenoxy) is 1. The highest BCUT2D eigenvalue weighted by Crippen LogP contribution is 2.20. The molecular formula is C16H11N3O2. The number of nitrogens with zero attached hydrogens (tertiary/aromatic N) is 3. The van der Waals surface area contributed by atoms with Gasteiger partial charge in [-0.1, -0.05) is 6.07 Å². The van der Waals surface area contributed by atoms with Crippen molar-refractivity contribution in [3.8, 4) is 11.8 Å². The first-order valence-electron chi connectivity index (χ1n) is 6.34. The van der Waals surface area contributed by atoms with E-state index < -0.39 is 0 Å². The molecule has 0 saturated carbocycles. The van der Waals surface area contributed by atoms with Gasteiger partial charge < -0.3 is 9.14 Å². The lowest BCUT2D eigenvalue weighted by Gasteiger charge is -2.09. The monoisotopic (exact) mass is 277 g/mol. The van der Waals surface area contributed by atoms with E-state index in [2.05, 4.69) is 4.98 Å². The van der Waals surface area contributed by atoms with Gasteiger partial charge in [-0.15, -0.1) is 0 Å². The van der Waals surface area contributed by atoms with Crippen LogP contribution in [0.3, 0.4) is 0 Å². The number of carbonyl (C=O) groups excluding carboxylic acids is 1. The SMILES string of the molecule is N#Cc1ccc(OCc2cccn3ccnc23)c(C=O)c1. The second-order valence-electron chi connectivity index (χ2n) is 4.46. The summed E-state index contributed by atoms with van der Waals surface area (Å²) in [7, 11) is 0. The molecule has 102 valence electrons. The zero-order chi connectivity index (χ0) is 14.7. The molecule has 21 heavy (non-hydrogen) atoms. The maximum absolute atomic E-state index is 11.1. The Hall–Kier alpha value is -3.13. The Morgan fingerprint density at radius 2 is 2.24 bits per heavy atom. The molecule has 0 fully saturated rings. The summed E-state index contributed by atoms with van der Waals surface area (Å²) in [6, 6.07) is 10.6. The lowest BCUT2D eigenvalue weighted by atomic mass is 10.1. The summed E-state index contributed by atoms with van der Waals surface area (Å²) in [6.45, 7) is 0.300. The van der Waals surface area contributed by atoms with Gasteiger partial charge in [-0.05, 0) is 24.3 Å². The van der Waals surface area contributed by atoms with Crippen molar-refractivity contribution in [3.63, 3.8) is 0 Å². The fourth-order valence-electron chi connectivity index (χ4n) is 2.12. The smallest absolute Gasteiger partial charge is 0.153 e. The highest BCUT2D eigenvalue weighted by molar-refractivity contribution is 5.80. The lowest BCUT2D eigenvalue weighted by Crippen LogP contribution is -2.01. The summed E-state index contributed by atoms with van der Waals surface area (Å²) >= 11 is 0. The molecule has 0 N–H and O–H groups in total. The molecule has 3 aromatic rings. The Morgan fingerprint density at radius 1 is 1.33 bits per heavy atom. The molecule has 0 aliphatic carbocycles. The van der Waals surface area contributed by atoms with Crippen molar-refractivity contribution in [2.45, 2.75) is 6.61 Å². The van der Waals surface area contributed by atoms with E-state index in [0.29, 0.717) is 29.8 Å². The normalized spacial score (nSPS) is 10.2. The number of benzene rings is 1. The number of nitriles is 1. The third kappa shape index (κ3) is 2.47. The molecule has 0 atom stereocenters. The van der Waals surface area contributed by atoms with Gasteiger partial charge in [0.25, 0.3) is 0 Å². The minimum atomic E-state index is 0.300. The fourth-order valence-corrected chi connectivity index (χ4v) is 2.12. The highest BCUT2D eigenvalue weighted by atomic mass is 16.5. The highest BCUT2D eigenvalue weighted by Gasteiger charge is 2.07. The molecule has 0 saturated heterocycles. The van der Waals surface area contributed by atoms with Crippen LogP contribution in [0.15, 0.2) is 48.9 Å². The van der Waals surface area contributed by atoms with Gasteiger partial charge in [-0.2, -0.15) is 5.26 Å². The van der Waals surface area contributed by atoms with E-state index in [1.54, 1.807) is 18.3 Å². The minimum absolute atomic E-state index is 0.300. The van der Waals surface area contributed by atoms with Gasteiger partial charge >= 0.3 is 0 Å². The molecule has 0 radical (unpaired) electrons. The first-order valence-corrected chi connectivity index (χ1v) is 6.34. The number of pyridine rings is 1. The number of imidazole rings is 1. The second-order valence-corrected chi connectivity index (χ2v) is 4.46. The lowest BCUT2D eigenvalue weighted by molar-refractivity contribution is 0.111. The molecule has 1 aromatic carbocycles. The molecule has 5 heteroatoms. The number of hydrogen-bond donors (Lipinski definition) is 0. The number of carbonyl (C=O) groups is 1. The third-order valence-corrected chi connectivity index (χ3v) is 3.15. The molecule has 0 aliphatic rings. The van der Waals surface area contributed by atoms with Crippen molar-refractivity contribution < 1.29 is 9.53 Å². The first-order chi connectivity index (χ1) is 10.3. The maximum Gasteiger partial charge on any atom is 0.153 e. The molecule has 0 amide bonds. The van der Waals surface area contributed by atoms with Crippen LogP contribution in [0.5, 0.6) is 5.75 Å². The van der Waals surface area contributed by atoms with Gasteiger partial charge in [0.2, 0.25) is 0 Å². The molecule has 0 bridgehead atoms. The van der Waals surface area contributed by atoms with E-state index in [1.165, 1.54) is 6.07 Å². The van der Waals surface area contributed by atoms with Gasteiger partial charge in [0, 0.05) is 24.2 Å². The number of aldehydes is 1. The molecular weight excluding hydrogens is 266 g/mol. The topological polar surface area (TPSA) is 67.4 Å². The molecule has 3 rings (SSSR count). The number of fused-ring (bicyclic) bond motifs is 1. The quantitative estimate of drug-likeness (QED) is 0.687. The van der Waals surface area contributed by atoms with Gasteiger partial charge in [0.15, 0.2) is 6.29 Å². The Labute approximate surface area is 121 Å². The van der Waals surface area contributed by atoms with Gasteiger partial charge in [0.1, 0.15) is 18.0 Å². The summed E-state index contributed by atoms with van der Waals surface area (Å²) < 4.78 is 7.60. The zero-order valence-electron chi connectivity index (χ0n) is 11.1. The van der Waals surface area contributed by atoms with E-state index in [0.717, 1.165) is 11.2 Å². The zero-order valence-corrected chi connectivity index (χ0v) is 11.1. The van der Waals surface area contributed by atoms with Gasteiger partial charge in [-0.25, -0.2) is 4.98 Å². The summed E-state index contributed by atoms with van der Waals surface area (Å²) in [5.41, 5.74) is 2.53. The molecule has 5 nitrogen and oxygen atoms in total. The van der Waals surface area contributed by atoms with E-state index in [4.69, 9.17) is 10.00 Å². The predicted molar refractivity (Wildman–Crippen MR) is 76.1 cm³/mol. The third-order valence-electron chi connectivity index (χ3n) is 3.15. The van der Waals surface area contributed by atoms with Gasteiger partial charge in [0.05, 0.1) is 17.2 Å². The average Bonchev–Trinajstić information content (AvgIpc) is 3.01. The van der Waals surface area contributed by atoms with E-state index in [-0.39, 0.29) is 0 Å². The van der Waals surface area contributed by atoms with Crippen LogP contribution in [0.1, 0.15) is 21.5 Å². The van der Waals surface area contributed by atoms with Crippen molar-refractivity contribution in [3.05, 3.63) is 65.6 Å². The van der Waals surface area contributed by atoms with Crippen molar-refractivity contribution in [1.29, 1.82) is 5.26 Å². The van der Waals surface area contributed by atoms with Crippen LogP contribution < -0.4 is 4.74 Å². The van der Waals surface area contributed by atoms with Gasteiger partial charge in [-0.3, -0.25) is 4.79 Å². The van der Waals surface area contributed by atoms with Crippen LogP contribution in [0.25, 0.3) is 5.65 Å². The molecule has 0 aliphatic heterocycles. The summed E-state index contributed by atoms with van der Waals surface area (Å²) in [5, 5.41) is 8.83. The van der Waals surface area contributed by atoms with Crippen molar-refractivity contribution in [1.82, 2.24) is 9.38 Å². The minimum Gasteiger partial charge on any atom is -0.488 e. The molecule has 2 heterocycles. The number of aromatic nitrogens is 2. The Balaban J connectivity index is 1.87. The largest absolute Gasteiger partial charge is 0.488 e. The van der Waals surface area contributed by atoms with Crippen LogP contribution >= 0.6 is 0 Å². The second kappa shape index (κ2) is 5.47. The van der Waals surface area contributed by atoms with E-state index >= 15 is 0 Å². The first kappa shape index (κ1) is 12.9. The van der Waals surface area contributed by atoms with Crippen LogP contribution in [0.2, 0.25) is 0 Å². The van der Waals surface area contributed by atoms with Crippen LogP contribution in [0, 0.1) is 11.3 Å². The molecule has 0 unspecified atom stereocenters.